The van der Waals surface area contributed by atoms with Gasteiger partial charge in [0, 0.05) is 17.6 Å². The van der Waals surface area contributed by atoms with Crippen molar-refractivity contribution in [3.63, 3.8) is 0 Å². The molecule has 3 rings (SSSR count). The van der Waals surface area contributed by atoms with Crippen LogP contribution in [-0.4, -0.2) is 48.7 Å². The second-order valence-electron chi connectivity index (χ2n) is 5.50. The number of rotatable bonds is 6. The Labute approximate surface area is 148 Å². The van der Waals surface area contributed by atoms with Gasteiger partial charge in [-0.3, -0.25) is 14.5 Å². The first-order valence-corrected chi connectivity index (χ1v) is 8.61. The Bertz CT molecular complexity index is 780. The van der Waals surface area contributed by atoms with Gasteiger partial charge in [0.05, 0.1) is 31.3 Å². The van der Waals surface area contributed by atoms with Crippen molar-refractivity contribution in [3.8, 4) is 0 Å². The monoisotopic (exact) mass is 359 g/mol. The van der Waals surface area contributed by atoms with E-state index >= 15 is 0 Å². The van der Waals surface area contributed by atoms with Crippen LogP contribution < -0.4 is 5.32 Å². The van der Waals surface area contributed by atoms with Gasteiger partial charge in [0.25, 0.3) is 5.91 Å². The number of methoxy groups -OCH3 is 1. The lowest BCUT2D eigenvalue weighted by Crippen LogP contribution is -2.47. The smallest absolute Gasteiger partial charge is 0.350 e. The third-order valence-corrected chi connectivity index (χ3v) is 4.74. The van der Waals surface area contributed by atoms with Crippen LogP contribution >= 0.6 is 11.3 Å². The predicted octanol–water partition coefficient (Wildman–Crippen LogP) is 1.53. The van der Waals surface area contributed by atoms with E-state index in [0.717, 1.165) is 9.78 Å². The fraction of sp³-hybridized carbons (Fsp3) is 0.294. The topological polar surface area (TPSA) is 88.1 Å². The molecule has 7 nitrogen and oxygen atoms in total. The highest BCUT2D eigenvalue weighted by molar-refractivity contribution is 7.09. The molecule has 0 fully saturated rings. The molecule has 1 unspecified atom stereocenters. The van der Waals surface area contributed by atoms with Gasteiger partial charge in [-0.15, -0.1) is 11.3 Å². The molecule has 1 aliphatic heterocycles. The average molecular weight is 359 g/mol. The maximum Gasteiger partial charge on any atom is 0.350 e. The lowest BCUT2D eigenvalue weighted by atomic mass is 9.91. The van der Waals surface area contributed by atoms with Gasteiger partial charge in [0.15, 0.2) is 0 Å². The number of allylic oxidation sites excluding steroid dienone is 1. The van der Waals surface area contributed by atoms with E-state index in [-0.39, 0.29) is 25.0 Å². The van der Waals surface area contributed by atoms with E-state index in [9.17, 15) is 14.4 Å². The van der Waals surface area contributed by atoms with Gasteiger partial charge in [0.1, 0.15) is 0 Å². The number of thiophene rings is 1. The van der Waals surface area contributed by atoms with E-state index in [1.54, 1.807) is 23.5 Å². The van der Waals surface area contributed by atoms with Crippen LogP contribution in [0.2, 0.25) is 0 Å². The summed E-state index contributed by atoms with van der Waals surface area (Å²) in [7, 11) is 1.50. The number of hydrogen-bond donors (Lipinski definition) is 1. The standard InChI is InChI=1S/C17H17N3O4S/c1-24-7-6-20-16(22)13-5-4-11(9-14(13)19-17(20)23)15(21)18-10-12-3-2-8-25-12/h2-5,8-9,13H,6-7,10H2,1H3,(H,18,21). The minimum atomic E-state index is -0.636. The molecule has 1 N–H and O–H groups in total. The van der Waals surface area contributed by atoms with E-state index in [1.165, 1.54) is 13.2 Å². The van der Waals surface area contributed by atoms with Crippen LogP contribution in [0.15, 0.2) is 46.3 Å². The fourth-order valence-electron chi connectivity index (χ4n) is 2.55. The highest BCUT2D eigenvalue weighted by Crippen LogP contribution is 2.22. The van der Waals surface area contributed by atoms with Crippen molar-refractivity contribution in [2.24, 2.45) is 10.9 Å². The number of nitrogens with zero attached hydrogens (tertiary/aromatic N) is 2. The number of aliphatic imine (C=N–C) groups is 1. The van der Waals surface area contributed by atoms with E-state index in [4.69, 9.17) is 4.74 Å². The average Bonchev–Trinajstić information content (AvgIpc) is 3.12. The Balaban J connectivity index is 1.71. The van der Waals surface area contributed by atoms with E-state index in [0.29, 0.717) is 17.8 Å². The number of carbonyl (C=O) groups excluding carboxylic acids is 3. The Hall–Kier alpha value is -2.58. The first-order valence-electron chi connectivity index (χ1n) is 7.73. The quantitative estimate of drug-likeness (QED) is 0.834. The zero-order valence-electron chi connectivity index (χ0n) is 13.6. The van der Waals surface area contributed by atoms with Crippen LogP contribution in [0.25, 0.3) is 0 Å². The van der Waals surface area contributed by atoms with Crippen molar-refractivity contribution in [1.29, 1.82) is 0 Å². The predicted molar refractivity (Wildman–Crippen MR) is 93.3 cm³/mol. The van der Waals surface area contributed by atoms with Gasteiger partial charge in [-0.25, -0.2) is 4.79 Å². The van der Waals surface area contributed by atoms with Gasteiger partial charge in [-0.1, -0.05) is 18.2 Å². The second kappa shape index (κ2) is 7.54. The molecule has 1 atom stereocenters. The molecule has 0 spiro atoms. The summed E-state index contributed by atoms with van der Waals surface area (Å²) in [5, 5.41) is 4.75. The van der Waals surface area contributed by atoms with Crippen LogP contribution in [0.5, 0.6) is 0 Å². The number of nitrogens with one attached hydrogen (secondary N) is 1. The van der Waals surface area contributed by atoms with E-state index < -0.39 is 11.9 Å². The van der Waals surface area contributed by atoms with Gasteiger partial charge in [0.2, 0.25) is 5.91 Å². The Kier molecular flexibility index (Phi) is 5.20. The van der Waals surface area contributed by atoms with Crippen molar-refractivity contribution < 1.29 is 19.1 Å². The van der Waals surface area contributed by atoms with Crippen molar-refractivity contribution >= 4 is 34.9 Å². The maximum absolute atomic E-state index is 12.4. The molecule has 130 valence electrons. The summed E-state index contributed by atoms with van der Waals surface area (Å²) in [6, 6.07) is 3.22. The van der Waals surface area contributed by atoms with E-state index in [2.05, 4.69) is 10.3 Å². The molecule has 0 radical (unpaired) electrons. The van der Waals surface area contributed by atoms with Crippen LogP contribution in [-0.2, 0) is 20.9 Å². The molecule has 1 aromatic heterocycles. The molecular weight excluding hydrogens is 342 g/mol. The van der Waals surface area contributed by atoms with Crippen LogP contribution in [0, 0.1) is 5.92 Å². The summed E-state index contributed by atoms with van der Waals surface area (Å²) in [5.41, 5.74) is 0.671. The minimum absolute atomic E-state index is 0.160. The van der Waals surface area contributed by atoms with Gasteiger partial charge in [-0.2, -0.15) is 4.99 Å². The number of imide groups is 1. The summed E-state index contributed by atoms with van der Waals surface area (Å²) in [5.74, 6) is -1.26. The van der Waals surface area contributed by atoms with Gasteiger partial charge >= 0.3 is 6.03 Å². The Morgan fingerprint density at radius 2 is 2.28 bits per heavy atom. The molecule has 4 amide bonds. The molecule has 0 saturated heterocycles. The lowest BCUT2D eigenvalue weighted by Gasteiger charge is -2.28. The summed E-state index contributed by atoms with van der Waals surface area (Å²) in [4.78, 5) is 42.8. The van der Waals surface area contributed by atoms with Crippen molar-refractivity contribution in [2.75, 3.05) is 20.3 Å². The van der Waals surface area contributed by atoms with Crippen molar-refractivity contribution in [1.82, 2.24) is 10.2 Å². The summed E-state index contributed by atoms with van der Waals surface area (Å²) < 4.78 is 4.91. The minimum Gasteiger partial charge on any atom is -0.383 e. The first kappa shape index (κ1) is 17.2. The molecule has 1 aliphatic carbocycles. The molecule has 1 aromatic rings. The normalized spacial score (nSPS) is 19.4. The number of hydrogen-bond acceptors (Lipinski definition) is 5. The van der Waals surface area contributed by atoms with Crippen LogP contribution in [0.4, 0.5) is 4.79 Å². The molecular formula is C17H17N3O4S. The zero-order valence-corrected chi connectivity index (χ0v) is 14.4. The highest BCUT2D eigenvalue weighted by atomic mass is 32.1. The molecule has 8 heteroatoms. The number of urea groups is 1. The summed E-state index contributed by atoms with van der Waals surface area (Å²) in [6.07, 6.45) is 4.70. The largest absolute Gasteiger partial charge is 0.383 e. The number of carbonyl (C=O) groups is 3. The third kappa shape index (κ3) is 3.75. The third-order valence-electron chi connectivity index (χ3n) is 3.86. The van der Waals surface area contributed by atoms with Crippen LogP contribution in [0.1, 0.15) is 4.88 Å². The van der Waals surface area contributed by atoms with Gasteiger partial charge < -0.3 is 10.1 Å². The van der Waals surface area contributed by atoms with Crippen molar-refractivity contribution in [3.05, 3.63) is 46.2 Å². The molecule has 0 saturated carbocycles. The summed E-state index contributed by atoms with van der Waals surface area (Å²) in [6.45, 7) is 0.846. The van der Waals surface area contributed by atoms with E-state index in [1.807, 2.05) is 17.5 Å². The number of fused-ring (bicyclic) bond motifs is 1. The second-order valence-corrected chi connectivity index (χ2v) is 6.53. The van der Waals surface area contributed by atoms with Gasteiger partial charge in [-0.05, 0) is 17.5 Å². The highest BCUT2D eigenvalue weighted by Gasteiger charge is 2.36. The SMILES string of the molecule is COCCN1C(=O)N=C2C=C(C(=O)NCc3cccs3)C=CC2C1=O. The molecule has 2 heterocycles. The maximum atomic E-state index is 12.4. The lowest BCUT2D eigenvalue weighted by molar-refractivity contribution is -0.130. The molecule has 2 aliphatic rings. The van der Waals surface area contributed by atoms with Crippen LogP contribution in [0.3, 0.4) is 0 Å². The fourth-order valence-corrected chi connectivity index (χ4v) is 3.20. The molecule has 0 aromatic carbocycles. The Morgan fingerprint density at radius 3 is 3.00 bits per heavy atom. The number of ether oxygens (including phenoxy) is 1. The molecule has 0 bridgehead atoms. The summed E-state index contributed by atoms with van der Waals surface area (Å²) >= 11 is 1.56. The molecule has 25 heavy (non-hydrogen) atoms. The number of amides is 4. The zero-order chi connectivity index (χ0) is 17.8. The Morgan fingerprint density at radius 1 is 1.44 bits per heavy atom. The first-order chi connectivity index (χ1) is 12.1. The van der Waals surface area contributed by atoms with Crippen molar-refractivity contribution in [2.45, 2.75) is 6.54 Å².